The zero-order valence-electron chi connectivity index (χ0n) is 13.6. The number of phenols is 1. The number of hydrogen-bond acceptors (Lipinski definition) is 4. The summed E-state index contributed by atoms with van der Waals surface area (Å²) in [5.41, 5.74) is 1.74. The van der Waals surface area contributed by atoms with Crippen molar-refractivity contribution in [1.29, 1.82) is 0 Å². The molecule has 0 aliphatic carbocycles. The molecule has 3 rings (SSSR count). The highest BCUT2D eigenvalue weighted by Gasteiger charge is 2.21. The molecule has 0 unspecified atom stereocenters. The van der Waals surface area contributed by atoms with Gasteiger partial charge in [-0.2, -0.15) is 0 Å². The third-order valence-electron chi connectivity index (χ3n) is 4.14. The van der Waals surface area contributed by atoms with E-state index in [2.05, 4.69) is 15.1 Å². The van der Waals surface area contributed by atoms with Crippen LogP contribution in [-0.2, 0) is 0 Å². The highest BCUT2D eigenvalue weighted by molar-refractivity contribution is 7.80. The lowest BCUT2D eigenvalue weighted by Crippen LogP contribution is -2.50. The highest BCUT2D eigenvalue weighted by Crippen LogP contribution is 2.28. The lowest BCUT2D eigenvalue weighted by molar-refractivity contribution is 0.386. The fraction of sp³-hybridized carbons (Fsp3) is 0.278. The third-order valence-corrected chi connectivity index (χ3v) is 4.50. The number of phenolic OH excluding ortho intramolecular Hbond substituents is 1. The molecule has 24 heavy (non-hydrogen) atoms. The highest BCUT2D eigenvalue weighted by atomic mass is 32.1. The van der Waals surface area contributed by atoms with Crippen molar-refractivity contribution in [2.24, 2.45) is 0 Å². The topological polar surface area (TPSA) is 48.0 Å². The second-order valence-electron chi connectivity index (χ2n) is 5.59. The number of methoxy groups -OCH3 is 1. The van der Waals surface area contributed by atoms with Crippen LogP contribution in [0.25, 0.3) is 0 Å². The number of nitrogens with zero attached hydrogens (tertiary/aromatic N) is 2. The summed E-state index contributed by atoms with van der Waals surface area (Å²) in [4.78, 5) is 4.32. The molecule has 2 aromatic carbocycles. The van der Waals surface area contributed by atoms with Crippen LogP contribution >= 0.6 is 12.2 Å². The minimum absolute atomic E-state index is 0.320. The molecule has 0 bridgehead atoms. The van der Waals surface area contributed by atoms with Gasteiger partial charge in [0.25, 0.3) is 0 Å². The Balaban J connectivity index is 1.60. The van der Waals surface area contributed by atoms with Gasteiger partial charge in [-0.05, 0) is 36.5 Å². The van der Waals surface area contributed by atoms with Crippen LogP contribution in [0.3, 0.4) is 0 Å². The minimum Gasteiger partial charge on any atom is -0.506 e. The molecule has 1 heterocycles. The quantitative estimate of drug-likeness (QED) is 0.836. The number of hydrogen-bond donors (Lipinski definition) is 2. The molecule has 0 saturated carbocycles. The van der Waals surface area contributed by atoms with Gasteiger partial charge in [-0.1, -0.05) is 24.3 Å². The summed E-state index contributed by atoms with van der Waals surface area (Å²) in [6, 6.07) is 15.2. The second kappa shape index (κ2) is 7.40. The average Bonchev–Trinajstić information content (AvgIpc) is 2.63. The fourth-order valence-corrected chi connectivity index (χ4v) is 3.12. The zero-order chi connectivity index (χ0) is 16.9. The smallest absolute Gasteiger partial charge is 0.173 e. The maximum absolute atomic E-state index is 9.98. The van der Waals surface area contributed by atoms with Crippen LogP contribution < -0.4 is 15.0 Å². The Morgan fingerprint density at radius 3 is 2.42 bits per heavy atom. The average molecular weight is 343 g/mol. The van der Waals surface area contributed by atoms with Crippen LogP contribution in [0.1, 0.15) is 0 Å². The Bertz CT molecular complexity index is 715. The first-order valence-electron chi connectivity index (χ1n) is 7.91. The van der Waals surface area contributed by atoms with Crippen molar-refractivity contribution in [3.8, 4) is 11.5 Å². The normalized spacial score (nSPS) is 14.4. The fourth-order valence-electron chi connectivity index (χ4n) is 2.82. The van der Waals surface area contributed by atoms with Crippen molar-refractivity contribution in [1.82, 2.24) is 4.90 Å². The minimum atomic E-state index is 0.320. The van der Waals surface area contributed by atoms with Gasteiger partial charge < -0.3 is 25.0 Å². The first kappa shape index (κ1) is 16.4. The number of aromatic hydroxyl groups is 1. The molecule has 0 spiro atoms. The van der Waals surface area contributed by atoms with E-state index in [0.29, 0.717) is 10.9 Å². The number of rotatable bonds is 3. The van der Waals surface area contributed by atoms with E-state index in [1.165, 1.54) is 0 Å². The first-order chi connectivity index (χ1) is 11.7. The molecule has 126 valence electrons. The van der Waals surface area contributed by atoms with Gasteiger partial charge in [0.2, 0.25) is 0 Å². The molecule has 2 N–H and O–H groups in total. The molecule has 0 aromatic heterocycles. The maximum atomic E-state index is 9.98. The Hall–Kier alpha value is -2.47. The second-order valence-corrected chi connectivity index (χ2v) is 5.98. The summed E-state index contributed by atoms with van der Waals surface area (Å²) in [7, 11) is 1.65. The zero-order valence-corrected chi connectivity index (χ0v) is 14.4. The van der Waals surface area contributed by atoms with Gasteiger partial charge in [0.1, 0.15) is 11.5 Å². The van der Waals surface area contributed by atoms with Crippen molar-refractivity contribution in [2.75, 3.05) is 43.5 Å². The van der Waals surface area contributed by atoms with Crippen LogP contribution in [0, 0.1) is 0 Å². The van der Waals surface area contributed by atoms with E-state index < -0.39 is 0 Å². The molecular weight excluding hydrogens is 322 g/mol. The summed E-state index contributed by atoms with van der Waals surface area (Å²) < 4.78 is 5.34. The molecular formula is C18H21N3O2S. The third kappa shape index (κ3) is 3.54. The summed E-state index contributed by atoms with van der Waals surface area (Å²) in [5, 5.41) is 13.9. The molecule has 1 aliphatic heterocycles. The van der Waals surface area contributed by atoms with E-state index in [0.717, 1.165) is 43.3 Å². The first-order valence-corrected chi connectivity index (χ1v) is 8.32. The standard InChI is InChI=1S/C18H21N3O2S/c1-23-17-9-5-2-6-14(17)19-18(24)21-12-10-20(11-13-21)15-7-3-4-8-16(15)22/h2-9,22H,10-13H2,1H3,(H,19,24). The molecule has 0 radical (unpaired) electrons. The predicted octanol–water partition coefficient (Wildman–Crippen LogP) is 2.92. The Morgan fingerprint density at radius 2 is 1.71 bits per heavy atom. The molecule has 1 aliphatic rings. The van der Waals surface area contributed by atoms with Crippen molar-refractivity contribution in [2.45, 2.75) is 0 Å². The molecule has 1 saturated heterocycles. The van der Waals surface area contributed by atoms with Crippen molar-refractivity contribution < 1.29 is 9.84 Å². The number of ether oxygens (including phenoxy) is 1. The van der Waals surface area contributed by atoms with Crippen LogP contribution in [0.5, 0.6) is 11.5 Å². The van der Waals surface area contributed by atoms with E-state index >= 15 is 0 Å². The summed E-state index contributed by atoms with van der Waals surface area (Å²) in [6.45, 7) is 3.22. The van der Waals surface area contributed by atoms with E-state index in [1.54, 1.807) is 13.2 Å². The van der Waals surface area contributed by atoms with Crippen LogP contribution in [0.4, 0.5) is 11.4 Å². The van der Waals surface area contributed by atoms with Crippen LogP contribution in [0.2, 0.25) is 0 Å². The lowest BCUT2D eigenvalue weighted by Gasteiger charge is -2.37. The molecule has 0 amide bonds. The van der Waals surface area contributed by atoms with E-state index in [1.807, 2.05) is 42.5 Å². The van der Waals surface area contributed by atoms with Crippen molar-refractivity contribution in [3.05, 3.63) is 48.5 Å². The molecule has 0 atom stereocenters. The van der Waals surface area contributed by atoms with Gasteiger partial charge in [0.15, 0.2) is 5.11 Å². The van der Waals surface area contributed by atoms with E-state index in [-0.39, 0.29) is 0 Å². The van der Waals surface area contributed by atoms with Gasteiger partial charge in [-0.3, -0.25) is 0 Å². The summed E-state index contributed by atoms with van der Waals surface area (Å²) in [6.07, 6.45) is 0. The lowest BCUT2D eigenvalue weighted by atomic mass is 10.2. The van der Waals surface area contributed by atoms with Gasteiger partial charge in [0, 0.05) is 26.2 Å². The maximum Gasteiger partial charge on any atom is 0.173 e. The summed E-state index contributed by atoms with van der Waals surface area (Å²) >= 11 is 5.54. The summed E-state index contributed by atoms with van der Waals surface area (Å²) in [5.74, 6) is 1.09. The Kier molecular flexibility index (Phi) is 5.05. The predicted molar refractivity (Wildman–Crippen MR) is 101 cm³/mol. The van der Waals surface area contributed by atoms with Gasteiger partial charge >= 0.3 is 0 Å². The molecule has 2 aromatic rings. The number of benzene rings is 2. The number of piperazine rings is 1. The largest absolute Gasteiger partial charge is 0.506 e. The Labute approximate surface area is 147 Å². The van der Waals surface area contributed by atoms with Gasteiger partial charge in [-0.15, -0.1) is 0 Å². The molecule has 5 nitrogen and oxygen atoms in total. The van der Waals surface area contributed by atoms with E-state index in [9.17, 15) is 5.11 Å². The SMILES string of the molecule is COc1ccccc1NC(=S)N1CCN(c2ccccc2O)CC1. The van der Waals surface area contributed by atoms with Gasteiger partial charge in [0.05, 0.1) is 18.5 Å². The number of anilines is 2. The monoisotopic (exact) mass is 343 g/mol. The number of nitrogens with one attached hydrogen (secondary N) is 1. The van der Waals surface area contributed by atoms with Crippen molar-refractivity contribution >= 4 is 28.7 Å². The van der Waals surface area contributed by atoms with Gasteiger partial charge in [-0.25, -0.2) is 0 Å². The molecule has 1 fully saturated rings. The van der Waals surface area contributed by atoms with E-state index in [4.69, 9.17) is 17.0 Å². The van der Waals surface area contributed by atoms with Crippen LogP contribution in [-0.4, -0.2) is 48.4 Å². The number of thiocarbonyl (C=S) groups is 1. The number of para-hydroxylation sites is 4. The van der Waals surface area contributed by atoms with Crippen molar-refractivity contribution in [3.63, 3.8) is 0 Å². The Morgan fingerprint density at radius 1 is 1.04 bits per heavy atom. The van der Waals surface area contributed by atoms with Crippen LogP contribution in [0.15, 0.2) is 48.5 Å². The molecule has 6 heteroatoms.